The van der Waals surface area contributed by atoms with Crippen LogP contribution in [0.5, 0.6) is 0 Å². The lowest BCUT2D eigenvalue weighted by molar-refractivity contribution is 1.02. The third kappa shape index (κ3) is 1.86. The van der Waals surface area contributed by atoms with E-state index >= 15 is 0 Å². The smallest absolute Gasteiger partial charge is 0.0974 e. The van der Waals surface area contributed by atoms with E-state index < -0.39 is 16.1 Å². The molecule has 0 nitrogen and oxygen atoms in total. The Labute approximate surface area is 114 Å². The van der Waals surface area contributed by atoms with E-state index in [4.69, 9.17) is 0 Å². The normalized spacial score (nSPS) is 30.9. The summed E-state index contributed by atoms with van der Waals surface area (Å²) in [5.41, 5.74) is 6.85. The van der Waals surface area contributed by atoms with Crippen molar-refractivity contribution in [2.24, 2.45) is 0 Å². The molecule has 0 N–H and O–H groups in total. The van der Waals surface area contributed by atoms with Gasteiger partial charge in [-0.2, -0.15) is 0 Å². The van der Waals surface area contributed by atoms with Gasteiger partial charge in [0.1, 0.15) is 16.1 Å². The zero-order valence-corrected chi connectivity index (χ0v) is 14.6. The first-order chi connectivity index (χ1) is 8.32. The molecule has 2 rings (SSSR count). The van der Waals surface area contributed by atoms with Crippen molar-refractivity contribution in [1.82, 2.24) is 0 Å². The number of hydrogen-bond donors (Lipinski definition) is 0. The fourth-order valence-corrected chi connectivity index (χ4v) is 12.0. The molecule has 0 fully saturated rings. The molecule has 1 heterocycles. The number of rotatable bonds is 2. The lowest BCUT2D eigenvalue weighted by Gasteiger charge is -2.42. The number of hydrogen-bond acceptors (Lipinski definition) is 0. The van der Waals surface area contributed by atoms with E-state index in [1.807, 2.05) is 0 Å². The van der Waals surface area contributed by atoms with Crippen LogP contribution in [0.2, 0.25) is 24.2 Å². The Morgan fingerprint density at radius 3 is 1.33 bits per heavy atom. The molecule has 2 atom stereocenters. The van der Waals surface area contributed by atoms with Crippen LogP contribution in [0.4, 0.5) is 0 Å². The van der Waals surface area contributed by atoms with Crippen molar-refractivity contribution in [3.8, 4) is 0 Å². The van der Waals surface area contributed by atoms with Crippen molar-refractivity contribution < 1.29 is 0 Å². The molecule has 1 aliphatic rings. The second kappa shape index (κ2) is 4.50. The van der Waals surface area contributed by atoms with Crippen molar-refractivity contribution in [3.63, 3.8) is 0 Å². The Morgan fingerprint density at radius 1 is 0.722 bits per heavy atom. The van der Waals surface area contributed by atoms with Gasteiger partial charge in [-0.3, -0.25) is 0 Å². The molecule has 0 bridgehead atoms. The quantitative estimate of drug-likeness (QED) is 0.721. The molecule has 0 amide bonds. The zero-order chi connectivity index (χ0) is 13.6. The second-order valence-corrected chi connectivity index (χ2v) is 15.9. The van der Waals surface area contributed by atoms with Crippen molar-refractivity contribution >= 4 is 26.5 Å². The molecule has 0 saturated carbocycles. The van der Waals surface area contributed by atoms with Gasteiger partial charge in [-0.15, -0.1) is 0 Å². The fourth-order valence-electron chi connectivity index (χ4n) is 2.96. The van der Waals surface area contributed by atoms with Crippen LogP contribution >= 0.6 is 0 Å². The SMILES string of the molecule is CC(C)[Si@]1(C)C=C[Si@@](C)(C(C)C)c2ccccc21. The molecule has 1 aliphatic heterocycles. The molecule has 0 radical (unpaired) electrons. The van der Waals surface area contributed by atoms with Gasteiger partial charge in [0.05, 0.1) is 0 Å². The summed E-state index contributed by atoms with van der Waals surface area (Å²) >= 11 is 0. The molecule has 2 heteroatoms. The van der Waals surface area contributed by atoms with Gasteiger partial charge in [0.15, 0.2) is 0 Å². The topological polar surface area (TPSA) is 0 Å². The molecule has 0 aromatic heterocycles. The highest BCUT2D eigenvalue weighted by atomic mass is 28.3. The lowest BCUT2D eigenvalue weighted by atomic mass is 10.4. The minimum Gasteiger partial charge on any atom is -0.0974 e. The molecule has 0 unspecified atom stereocenters. The summed E-state index contributed by atoms with van der Waals surface area (Å²) in [6.07, 6.45) is 0. The van der Waals surface area contributed by atoms with Gasteiger partial charge in [-0.1, -0.05) is 86.8 Å². The summed E-state index contributed by atoms with van der Waals surface area (Å²) in [6.45, 7) is 14.6. The summed E-state index contributed by atoms with van der Waals surface area (Å²) in [6, 6.07) is 9.30. The highest BCUT2D eigenvalue weighted by molar-refractivity contribution is 7.08. The molecule has 98 valence electrons. The van der Waals surface area contributed by atoms with E-state index in [1.165, 1.54) is 0 Å². The van der Waals surface area contributed by atoms with E-state index in [0.717, 1.165) is 11.1 Å². The van der Waals surface area contributed by atoms with Gasteiger partial charge in [-0.25, -0.2) is 0 Å². The average molecular weight is 275 g/mol. The molecule has 0 aliphatic carbocycles. The van der Waals surface area contributed by atoms with Crippen molar-refractivity contribution in [2.45, 2.75) is 51.9 Å². The number of benzene rings is 1. The van der Waals surface area contributed by atoms with Crippen LogP contribution in [0.1, 0.15) is 27.7 Å². The van der Waals surface area contributed by atoms with Crippen molar-refractivity contribution in [2.75, 3.05) is 0 Å². The van der Waals surface area contributed by atoms with Gasteiger partial charge in [-0.05, 0) is 11.1 Å². The maximum atomic E-state index is 2.65. The maximum Gasteiger partial charge on any atom is 0.108 e. The third-order valence-corrected chi connectivity index (χ3v) is 15.6. The largest absolute Gasteiger partial charge is 0.108 e. The van der Waals surface area contributed by atoms with Crippen LogP contribution < -0.4 is 10.4 Å². The van der Waals surface area contributed by atoms with Gasteiger partial charge in [0.25, 0.3) is 0 Å². The summed E-state index contributed by atoms with van der Waals surface area (Å²) in [5.74, 6) is 0. The van der Waals surface area contributed by atoms with Gasteiger partial charge in [0.2, 0.25) is 0 Å². The highest BCUT2D eigenvalue weighted by Crippen LogP contribution is 2.30. The van der Waals surface area contributed by atoms with Crippen LogP contribution in [0.15, 0.2) is 35.7 Å². The Hall–Kier alpha value is -0.606. The van der Waals surface area contributed by atoms with E-state index in [0.29, 0.717) is 0 Å². The van der Waals surface area contributed by atoms with E-state index in [9.17, 15) is 0 Å². The summed E-state index contributed by atoms with van der Waals surface area (Å²) in [4.78, 5) is 0. The zero-order valence-electron chi connectivity index (χ0n) is 12.6. The standard InChI is InChI=1S/C16H26Si2/c1-13(2)17(5)11-12-18(6,14(3)4)16-10-8-7-9-15(16)17/h7-14H,1-6H3/t17-,18-/m0/s1. The maximum absolute atomic E-state index is 2.65. The summed E-state index contributed by atoms with van der Waals surface area (Å²) in [5, 5.41) is 3.43. The van der Waals surface area contributed by atoms with Crippen LogP contribution in [0, 0.1) is 0 Å². The molecule has 1 aromatic carbocycles. The second-order valence-electron chi connectivity index (χ2n) is 6.75. The van der Waals surface area contributed by atoms with Crippen molar-refractivity contribution in [1.29, 1.82) is 0 Å². The first-order valence-corrected chi connectivity index (χ1v) is 12.4. The van der Waals surface area contributed by atoms with Gasteiger partial charge in [0, 0.05) is 0 Å². The van der Waals surface area contributed by atoms with E-state index in [1.54, 1.807) is 10.4 Å². The monoisotopic (exact) mass is 274 g/mol. The molecular weight excluding hydrogens is 248 g/mol. The molecule has 1 aromatic rings. The first-order valence-electron chi connectivity index (χ1n) is 7.12. The third-order valence-electron chi connectivity index (χ3n) is 5.26. The predicted molar refractivity (Wildman–Crippen MR) is 88.3 cm³/mol. The first kappa shape index (κ1) is 13.8. The van der Waals surface area contributed by atoms with Crippen LogP contribution in [-0.4, -0.2) is 16.1 Å². The Morgan fingerprint density at radius 2 is 1.06 bits per heavy atom. The summed E-state index contributed by atoms with van der Waals surface area (Å²) in [7, 11) is -2.83. The molecule has 18 heavy (non-hydrogen) atoms. The lowest BCUT2D eigenvalue weighted by Crippen LogP contribution is -2.65. The fraction of sp³-hybridized carbons (Fsp3) is 0.500. The minimum absolute atomic E-state index is 0.778. The molecular formula is C16H26Si2. The molecule has 0 spiro atoms. The average Bonchev–Trinajstić information content (AvgIpc) is 2.34. The van der Waals surface area contributed by atoms with Crippen LogP contribution in [0.25, 0.3) is 0 Å². The predicted octanol–water partition coefficient (Wildman–Crippen LogP) is 3.73. The van der Waals surface area contributed by atoms with Crippen LogP contribution in [-0.2, 0) is 0 Å². The Balaban J connectivity index is 2.67. The van der Waals surface area contributed by atoms with Crippen molar-refractivity contribution in [3.05, 3.63) is 35.7 Å². The highest BCUT2D eigenvalue weighted by Gasteiger charge is 2.43. The molecule has 0 saturated heterocycles. The van der Waals surface area contributed by atoms with Gasteiger partial charge >= 0.3 is 0 Å². The van der Waals surface area contributed by atoms with Crippen LogP contribution in [0.3, 0.4) is 0 Å². The van der Waals surface area contributed by atoms with Gasteiger partial charge < -0.3 is 0 Å². The number of fused-ring (bicyclic) bond motifs is 1. The van der Waals surface area contributed by atoms with E-state index in [2.05, 4.69) is 76.5 Å². The van der Waals surface area contributed by atoms with E-state index in [-0.39, 0.29) is 0 Å². The summed E-state index contributed by atoms with van der Waals surface area (Å²) < 4.78 is 0. The minimum atomic E-state index is -1.42. The Bertz CT molecular complexity index is 433. The Kier molecular flexibility index (Phi) is 3.45.